The van der Waals surface area contributed by atoms with Crippen molar-refractivity contribution in [2.45, 2.75) is 16.0 Å². The number of imide groups is 1. The Bertz CT molecular complexity index is 767. The molecule has 1 atom stereocenters. The number of carbonyl (C=O) groups is 2. The minimum Gasteiger partial charge on any atom is -0.374 e. The number of nitrogens with zero attached hydrogens (tertiary/aromatic N) is 3. The fourth-order valence-corrected chi connectivity index (χ4v) is 3.88. The molecule has 0 unspecified atom stereocenters. The second kappa shape index (κ2) is 5.61. The molecule has 1 aromatic carbocycles. The first-order valence-corrected chi connectivity index (χ1v) is 7.73. The molecular formula is C12H8F2N4O2S2. The highest BCUT2D eigenvalue weighted by Crippen LogP contribution is 2.35. The molecule has 10 heteroatoms. The highest BCUT2D eigenvalue weighted by Gasteiger charge is 2.41. The van der Waals surface area contributed by atoms with Crippen molar-refractivity contribution >= 4 is 45.7 Å². The molecule has 0 saturated carbocycles. The van der Waals surface area contributed by atoms with Crippen molar-refractivity contribution in [2.24, 2.45) is 0 Å². The lowest BCUT2D eigenvalue weighted by atomic mass is 10.3. The lowest BCUT2D eigenvalue weighted by Crippen LogP contribution is -2.31. The van der Waals surface area contributed by atoms with Gasteiger partial charge in [0.05, 0.1) is 5.69 Å². The Morgan fingerprint density at radius 1 is 1.27 bits per heavy atom. The number of thioether (sulfide) groups is 1. The number of hydrogen-bond donors (Lipinski definition) is 1. The van der Waals surface area contributed by atoms with Crippen LogP contribution in [0.2, 0.25) is 0 Å². The van der Waals surface area contributed by atoms with Crippen LogP contribution in [-0.4, -0.2) is 27.3 Å². The average Bonchev–Trinajstić information content (AvgIpc) is 2.98. The number of anilines is 2. The summed E-state index contributed by atoms with van der Waals surface area (Å²) in [6.07, 6.45) is -0.0536. The monoisotopic (exact) mass is 342 g/mol. The van der Waals surface area contributed by atoms with Gasteiger partial charge in [-0.15, -0.1) is 10.2 Å². The first-order valence-electron chi connectivity index (χ1n) is 6.03. The first kappa shape index (κ1) is 14.9. The summed E-state index contributed by atoms with van der Waals surface area (Å²) in [5.74, 6) is -3.15. The maximum absolute atomic E-state index is 13.3. The highest BCUT2D eigenvalue weighted by atomic mass is 32.2. The van der Waals surface area contributed by atoms with Crippen LogP contribution in [0, 0.1) is 11.6 Å². The van der Waals surface area contributed by atoms with Crippen LogP contribution in [0.5, 0.6) is 0 Å². The van der Waals surface area contributed by atoms with Crippen LogP contribution >= 0.6 is 23.1 Å². The fraction of sp³-hybridized carbons (Fsp3) is 0.167. The number of halogens is 2. The summed E-state index contributed by atoms with van der Waals surface area (Å²) in [6, 6.07) is 2.88. The van der Waals surface area contributed by atoms with Gasteiger partial charge in [-0.3, -0.25) is 9.59 Å². The van der Waals surface area contributed by atoms with Crippen LogP contribution in [0.1, 0.15) is 6.42 Å². The van der Waals surface area contributed by atoms with E-state index in [2.05, 4.69) is 10.2 Å². The van der Waals surface area contributed by atoms with Crippen LogP contribution in [0.3, 0.4) is 0 Å². The molecule has 3 rings (SSSR count). The van der Waals surface area contributed by atoms with Gasteiger partial charge in [-0.25, -0.2) is 13.7 Å². The molecule has 22 heavy (non-hydrogen) atoms. The molecule has 1 fully saturated rings. The lowest BCUT2D eigenvalue weighted by molar-refractivity contribution is -0.121. The number of nitrogens with two attached hydrogens (primary N) is 1. The molecule has 114 valence electrons. The van der Waals surface area contributed by atoms with Crippen molar-refractivity contribution in [3.8, 4) is 0 Å². The number of nitrogen functional groups attached to an aromatic ring is 1. The summed E-state index contributed by atoms with van der Waals surface area (Å²) in [4.78, 5) is 25.2. The summed E-state index contributed by atoms with van der Waals surface area (Å²) in [5.41, 5.74) is 5.46. The summed E-state index contributed by atoms with van der Waals surface area (Å²) in [6.45, 7) is 0. The van der Waals surface area contributed by atoms with Gasteiger partial charge in [0.15, 0.2) is 16.0 Å². The third-order valence-electron chi connectivity index (χ3n) is 2.93. The van der Waals surface area contributed by atoms with Crippen LogP contribution in [0.25, 0.3) is 0 Å². The molecule has 1 saturated heterocycles. The normalized spacial score (nSPS) is 18.3. The number of amides is 2. The van der Waals surface area contributed by atoms with E-state index in [4.69, 9.17) is 5.73 Å². The zero-order valence-corrected chi connectivity index (χ0v) is 12.5. The van der Waals surface area contributed by atoms with Gasteiger partial charge in [0.1, 0.15) is 5.25 Å². The molecule has 2 aromatic rings. The van der Waals surface area contributed by atoms with Crippen LogP contribution in [0.4, 0.5) is 19.6 Å². The SMILES string of the molecule is Nc1nnc(S[C@H]2CC(=O)N(c3ccc(F)c(F)c3)C2=O)s1. The fourth-order valence-electron chi connectivity index (χ4n) is 1.98. The number of aromatic nitrogens is 2. The molecule has 2 amide bonds. The summed E-state index contributed by atoms with van der Waals surface area (Å²) >= 11 is 2.18. The Labute approximate surface area is 131 Å². The van der Waals surface area contributed by atoms with E-state index in [-0.39, 0.29) is 17.2 Å². The van der Waals surface area contributed by atoms with E-state index in [1.165, 1.54) is 6.07 Å². The summed E-state index contributed by atoms with van der Waals surface area (Å²) in [7, 11) is 0. The molecule has 1 aliphatic rings. The molecule has 0 spiro atoms. The van der Waals surface area contributed by atoms with E-state index in [0.29, 0.717) is 4.34 Å². The van der Waals surface area contributed by atoms with Gasteiger partial charge in [0, 0.05) is 12.5 Å². The van der Waals surface area contributed by atoms with E-state index >= 15 is 0 Å². The first-order chi connectivity index (χ1) is 10.5. The van der Waals surface area contributed by atoms with Crippen molar-refractivity contribution in [1.29, 1.82) is 0 Å². The van der Waals surface area contributed by atoms with E-state index in [1.807, 2.05) is 0 Å². The highest BCUT2D eigenvalue weighted by molar-refractivity contribution is 8.02. The van der Waals surface area contributed by atoms with Crippen molar-refractivity contribution < 1.29 is 18.4 Å². The molecular weight excluding hydrogens is 334 g/mol. The van der Waals surface area contributed by atoms with E-state index in [1.54, 1.807) is 0 Å². The molecule has 1 aliphatic heterocycles. The van der Waals surface area contributed by atoms with Gasteiger partial charge >= 0.3 is 0 Å². The Kier molecular flexibility index (Phi) is 3.79. The van der Waals surface area contributed by atoms with Crippen molar-refractivity contribution in [2.75, 3.05) is 10.6 Å². The molecule has 0 aliphatic carbocycles. The number of rotatable bonds is 3. The van der Waals surface area contributed by atoms with Gasteiger partial charge in [0.2, 0.25) is 16.9 Å². The predicted molar refractivity (Wildman–Crippen MR) is 77.4 cm³/mol. The Morgan fingerprint density at radius 2 is 2.05 bits per heavy atom. The lowest BCUT2D eigenvalue weighted by Gasteiger charge is -2.14. The minimum atomic E-state index is -1.12. The number of hydrogen-bond acceptors (Lipinski definition) is 7. The van der Waals surface area contributed by atoms with Gasteiger partial charge in [0.25, 0.3) is 0 Å². The topological polar surface area (TPSA) is 89.2 Å². The van der Waals surface area contributed by atoms with Gasteiger partial charge in [-0.05, 0) is 12.1 Å². The van der Waals surface area contributed by atoms with Crippen LogP contribution in [-0.2, 0) is 9.59 Å². The van der Waals surface area contributed by atoms with Crippen molar-refractivity contribution in [3.63, 3.8) is 0 Å². The van der Waals surface area contributed by atoms with Crippen molar-refractivity contribution in [3.05, 3.63) is 29.8 Å². The van der Waals surface area contributed by atoms with Crippen LogP contribution < -0.4 is 10.6 Å². The standard InChI is InChI=1S/C12H8F2N4O2S2/c13-6-2-1-5(3-7(6)14)18-9(19)4-8(10(18)20)21-12-17-16-11(15)22-12/h1-3,8H,4H2,(H2,15,16)/t8-/m0/s1. The zero-order valence-electron chi connectivity index (χ0n) is 10.8. The van der Waals surface area contributed by atoms with E-state index < -0.39 is 28.7 Å². The molecule has 0 bridgehead atoms. The second-order valence-corrected chi connectivity index (χ2v) is 6.84. The third-order valence-corrected chi connectivity index (χ3v) is 4.95. The molecule has 0 radical (unpaired) electrons. The quantitative estimate of drug-likeness (QED) is 0.856. The van der Waals surface area contributed by atoms with Gasteiger partial charge in [-0.1, -0.05) is 23.1 Å². The minimum absolute atomic E-state index is 0.00813. The van der Waals surface area contributed by atoms with Gasteiger partial charge in [-0.2, -0.15) is 0 Å². The second-order valence-electron chi connectivity index (χ2n) is 4.38. The predicted octanol–water partition coefficient (Wildman–Crippen LogP) is 1.82. The number of benzene rings is 1. The average molecular weight is 342 g/mol. The molecule has 6 nitrogen and oxygen atoms in total. The third kappa shape index (κ3) is 2.66. The van der Waals surface area contributed by atoms with Crippen molar-refractivity contribution in [1.82, 2.24) is 10.2 Å². The largest absolute Gasteiger partial charge is 0.374 e. The van der Waals surface area contributed by atoms with Gasteiger partial charge < -0.3 is 5.73 Å². The summed E-state index contributed by atoms with van der Waals surface area (Å²) < 4.78 is 26.7. The smallest absolute Gasteiger partial charge is 0.247 e. The van der Waals surface area contributed by atoms with E-state index in [9.17, 15) is 18.4 Å². The molecule has 1 aromatic heterocycles. The maximum Gasteiger partial charge on any atom is 0.247 e. The Hall–Kier alpha value is -2.07. The summed E-state index contributed by atoms with van der Waals surface area (Å²) in [5, 5.41) is 6.98. The van der Waals surface area contributed by atoms with Crippen LogP contribution in [0.15, 0.2) is 22.5 Å². The Morgan fingerprint density at radius 3 is 2.68 bits per heavy atom. The molecule has 2 N–H and O–H groups in total. The number of carbonyl (C=O) groups excluding carboxylic acids is 2. The maximum atomic E-state index is 13.3. The molecule has 2 heterocycles. The van der Waals surface area contributed by atoms with E-state index in [0.717, 1.165) is 40.1 Å². The Balaban J connectivity index is 1.83. The zero-order chi connectivity index (χ0) is 15.9.